The second kappa shape index (κ2) is 2.24. The molecule has 0 heterocycles. The number of halogens is 2. The van der Waals surface area contributed by atoms with Crippen molar-refractivity contribution >= 4 is 0 Å². The van der Waals surface area contributed by atoms with E-state index >= 15 is 0 Å². The molecule has 3 atom stereocenters. The van der Waals surface area contributed by atoms with Gasteiger partial charge in [-0.25, -0.2) is 8.78 Å². The highest BCUT2D eigenvalue weighted by atomic mass is 19.3. The second-order valence-electron chi connectivity index (χ2n) is 2.84. The maximum absolute atomic E-state index is 11.9. The summed E-state index contributed by atoms with van der Waals surface area (Å²) in [6, 6.07) is 0. The van der Waals surface area contributed by atoms with Crippen LogP contribution in [0.4, 0.5) is 8.78 Å². The zero-order valence-corrected chi connectivity index (χ0v) is 5.77. The minimum Gasteiger partial charge on any atom is -0.210 e. The van der Waals surface area contributed by atoms with Crippen molar-refractivity contribution in [3.63, 3.8) is 0 Å². The van der Waals surface area contributed by atoms with Crippen LogP contribution in [0.5, 0.6) is 0 Å². The molecule has 0 radical (unpaired) electrons. The highest BCUT2D eigenvalue weighted by Gasteiger charge is 2.50. The summed E-state index contributed by atoms with van der Waals surface area (Å²) in [5, 5.41) is 0. The molecule has 0 aromatic rings. The molecule has 0 bridgehead atoms. The molecule has 0 aliphatic heterocycles. The van der Waals surface area contributed by atoms with E-state index < -0.39 is 6.43 Å². The molecule has 0 amide bonds. The van der Waals surface area contributed by atoms with Crippen LogP contribution in [-0.2, 0) is 0 Å². The SMILES string of the molecule is CCC1C(C)C1C(F)F. The summed E-state index contributed by atoms with van der Waals surface area (Å²) >= 11 is 0. The molecule has 1 fully saturated rings. The largest absolute Gasteiger partial charge is 0.241 e. The standard InChI is InChI=1S/C7H12F2/c1-3-5-4(2)6(5)7(8)9/h4-7H,3H2,1-2H3. The van der Waals surface area contributed by atoms with Crippen LogP contribution >= 0.6 is 0 Å². The van der Waals surface area contributed by atoms with Gasteiger partial charge in [0.05, 0.1) is 0 Å². The van der Waals surface area contributed by atoms with Gasteiger partial charge in [-0.2, -0.15) is 0 Å². The van der Waals surface area contributed by atoms with Gasteiger partial charge in [-0.3, -0.25) is 0 Å². The Hall–Kier alpha value is -0.140. The van der Waals surface area contributed by atoms with Gasteiger partial charge in [-0.05, 0) is 11.8 Å². The molecule has 0 saturated heterocycles. The average molecular weight is 134 g/mol. The van der Waals surface area contributed by atoms with Crippen LogP contribution in [0, 0.1) is 17.8 Å². The van der Waals surface area contributed by atoms with Crippen LogP contribution < -0.4 is 0 Å². The molecule has 1 saturated carbocycles. The van der Waals surface area contributed by atoms with E-state index in [9.17, 15) is 8.78 Å². The highest BCUT2D eigenvalue weighted by Crippen LogP contribution is 2.51. The maximum atomic E-state index is 11.9. The fraction of sp³-hybridized carbons (Fsp3) is 1.00. The van der Waals surface area contributed by atoms with Crippen LogP contribution in [0.25, 0.3) is 0 Å². The number of hydrogen-bond acceptors (Lipinski definition) is 0. The van der Waals surface area contributed by atoms with Gasteiger partial charge < -0.3 is 0 Å². The summed E-state index contributed by atoms with van der Waals surface area (Å²) in [5.41, 5.74) is 0. The third kappa shape index (κ3) is 1.07. The Labute approximate surface area is 54.3 Å². The molecular formula is C7H12F2. The summed E-state index contributed by atoms with van der Waals surface area (Å²) in [5.74, 6) is 0.301. The summed E-state index contributed by atoms with van der Waals surface area (Å²) in [4.78, 5) is 0. The average Bonchev–Trinajstić information content (AvgIpc) is 2.40. The zero-order chi connectivity index (χ0) is 7.02. The molecule has 9 heavy (non-hydrogen) atoms. The van der Waals surface area contributed by atoms with Gasteiger partial charge in [-0.1, -0.05) is 20.3 Å². The summed E-state index contributed by atoms with van der Waals surface area (Å²) in [6.45, 7) is 3.88. The fourth-order valence-electron chi connectivity index (χ4n) is 1.64. The van der Waals surface area contributed by atoms with Crippen molar-refractivity contribution in [2.75, 3.05) is 0 Å². The minimum absolute atomic E-state index is 0.273. The van der Waals surface area contributed by atoms with E-state index in [2.05, 4.69) is 0 Å². The smallest absolute Gasteiger partial charge is 0.210 e. The fourth-order valence-corrected chi connectivity index (χ4v) is 1.64. The van der Waals surface area contributed by atoms with Crippen molar-refractivity contribution < 1.29 is 8.78 Å². The lowest BCUT2D eigenvalue weighted by atomic mass is 10.2. The van der Waals surface area contributed by atoms with Crippen molar-refractivity contribution in [1.29, 1.82) is 0 Å². The van der Waals surface area contributed by atoms with Crippen LogP contribution in [0.15, 0.2) is 0 Å². The quantitative estimate of drug-likeness (QED) is 0.544. The van der Waals surface area contributed by atoms with Crippen molar-refractivity contribution in [3.05, 3.63) is 0 Å². The first kappa shape index (κ1) is 6.97. The first-order valence-electron chi connectivity index (χ1n) is 3.46. The molecule has 1 aliphatic rings. The third-order valence-corrected chi connectivity index (χ3v) is 2.40. The van der Waals surface area contributed by atoms with Crippen LogP contribution in [0.1, 0.15) is 20.3 Å². The molecule has 2 heteroatoms. The third-order valence-electron chi connectivity index (χ3n) is 2.40. The monoisotopic (exact) mass is 134 g/mol. The Bertz CT molecular complexity index is 101. The van der Waals surface area contributed by atoms with Crippen molar-refractivity contribution in [3.8, 4) is 0 Å². The van der Waals surface area contributed by atoms with Gasteiger partial charge in [0.25, 0.3) is 0 Å². The van der Waals surface area contributed by atoms with Crippen LogP contribution in [0.3, 0.4) is 0 Å². The van der Waals surface area contributed by atoms with E-state index in [-0.39, 0.29) is 11.8 Å². The lowest BCUT2D eigenvalue weighted by Gasteiger charge is -1.91. The van der Waals surface area contributed by atoms with Crippen molar-refractivity contribution in [1.82, 2.24) is 0 Å². The van der Waals surface area contributed by atoms with E-state index in [0.717, 1.165) is 6.42 Å². The lowest BCUT2D eigenvalue weighted by molar-refractivity contribution is 0.111. The van der Waals surface area contributed by atoms with E-state index in [1.165, 1.54) is 0 Å². The first-order valence-corrected chi connectivity index (χ1v) is 3.46. The Morgan fingerprint density at radius 1 is 1.44 bits per heavy atom. The summed E-state index contributed by atoms with van der Waals surface area (Å²) in [6.07, 6.45) is -1.17. The van der Waals surface area contributed by atoms with E-state index in [1.54, 1.807) is 0 Å². The van der Waals surface area contributed by atoms with Gasteiger partial charge >= 0.3 is 0 Å². The predicted molar refractivity (Wildman–Crippen MR) is 32.4 cm³/mol. The van der Waals surface area contributed by atoms with E-state index in [1.807, 2.05) is 13.8 Å². The summed E-state index contributed by atoms with van der Waals surface area (Å²) < 4.78 is 23.8. The van der Waals surface area contributed by atoms with Crippen LogP contribution in [-0.4, -0.2) is 6.43 Å². The molecule has 0 N–H and O–H groups in total. The van der Waals surface area contributed by atoms with E-state index in [4.69, 9.17) is 0 Å². The van der Waals surface area contributed by atoms with Gasteiger partial charge in [0.1, 0.15) is 0 Å². The topological polar surface area (TPSA) is 0 Å². The van der Waals surface area contributed by atoms with Gasteiger partial charge in [0, 0.05) is 5.92 Å². The summed E-state index contributed by atoms with van der Waals surface area (Å²) in [7, 11) is 0. The highest BCUT2D eigenvalue weighted by molar-refractivity contribution is 4.94. The maximum Gasteiger partial charge on any atom is 0.241 e. The molecule has 54 valence electrons. The number of rotatable bonds is 2. The van der Waals surface area contributed by atoms with Gasteiger partial charge in [0.15, 0.2) is 0 Å². The molecule has 0 spiro atoms. The predicted octanol–water partition coefficient (Wildman–Crippen LogP) is 2.54. The lowest BCUT2D eigenvalue weighted by Crippen LogP contribution is -1.95. The molecule has 3 unspecified atom stereocenters. The minimum atomic E-state index is -2.08. The first-order chi connectivity index (χ1) is 4.18. The second-order valence-corrected chi connectivity index (χ2v) is 2.84. The number of alkyl halides is 2. The molecule has 1 rings (SSSR count). The molecule has 0 nitrogen and oxygen atoms in total. The Morgan fingerprint density at radius 3 is 2.11 bits per heavy atom. The zero-order valence-electron chi connectivity index (χ0n) is 5.77. The van der Waals surface area contributed by atoms with Crippen LogP contribution in [0.2, 0.25) is 0 Å². The molecule has 1 aliphatic carbocycles. The Morgan fingerprint density at radius 2 is 2.00 bits per heavy atom. The molecular weight excluding hydrogens is 122 g/mol. The van der Waals surface area contributed by atoms with Gasteiger partial charge in [-0.15, -0.1) is 0 Å². The molecule has 0 aromatic heterocycles. The van der Waals surface area contributed by atoms with Crippen molar-refractivity contribution in [2.24, 2.45) is 17.8 Å². The van der Waals surface area contributed by atoms with Crippen molar-refractivity contribution in [2.45, 2.75) is 26.7 Å². The molecule has 0 aromatic carbocycles. The van der Waals surface area contributed by atoms with E-state index in [0.29, 0.717) is 5.92 Å². The normalized spacial score (nSPS) is 41.7. The Kier molecular flexibility index (Phi) is 1.73. The number of hydrogen-bond donors (Lipinski definition) is 0. The Balaban J connectivity index is 2.33. The van der Waals surface area contributed by atoms with Gasteiger partial charge in [0.2, 0.25) is 6.43 Å².